The van der Waals surface area contributed by atoms with E-state index in [1.807, 2.05) is 13.8 Å². The highest BCUT2D eigenvalue weighted by Gasteiger charge is 2.18. The molecule has 6 nitrogen and oxygen atoms in total. The summed E-state index contributed by atoms with van der Waals surface area (Å²) in [5, 5.41) is 2.64. The predicted molar refractivity (Wildman–Crippen MR) is 89.2 cm³/mol. The van der Waals surface area contributed by atoms with E-state index in [1.54, 1.807) is 39.0 Å². The number of anilines is 1. The third kappa shape index (κ3) is 7.54. The second-order valence-electron chi connectivity index (χ2n) is 6.69. The number of ether oxygens (including phenoxy) is 2. The maximum Gasteiger partial charge on any atom is 0.407 e. The molecule has 1 atom stereocenters. The van der Waals surface area contributed by atoms with Crippen molar-refractivity contribution in [3.8, 4) is 5.75 Å². The second kappa shape index (κ2) is 7.85. The first kappa shape index (κ1) is 18.8. The summed E-state index contributed by atoms with van der Waals surface area (Å²) in [5.74, 6) is 0.0240. The molecule has 23 heavy (non-hydrogen) atoms. The first-order valence-electron chi connectivity index (χ1n) is 7.60. The van der Waals surface area contributed by atoms with E-state index in [0.29, 0.717) is 18.0 Å². The van der Waals surface area contributed by atoms with Gasteiger partial charge in [0.2, 0.25) is 0 Å². The second-order valence-corrected chi connectivity index (χ2v) is 6.69. The van der Waals surface area contributed by atoms with Gasteiger partial charge in [0.1, 0.15) is 11.4 Å². The molecule has 1 aromatic rings. The maximum atomic E-state index is 12.0. The molecule has 0 heterocycles. The van der Waals surface area contributed by atoms with Gasteiger partial charge in [-0.3, -0.25) is 4.79 Å². The van der Waals surface area contributed by atoms with Crippen molar-refractivity contribution in [2.75, 3.05) is 12.3 Å². The van der Waals surface area contributed by atoms with Gasteiger partial charge in [0, 0.05) is 18.3 Å². The van der Waals surface area contributed by atoms with Crippen molar-refractivity contribution in [3.05, 3.63) is 23.8 Å². The van der Waals surface area contributed by atoms with Crippen molar-refractivity contribution < 1.29 is 19.1 Å². The Morgan fingerprint density at radius 1 is 1.30 bits per heavy atom. The number of carbonyl (C=O) groups is 2. The summed E-state index contributed by atoms with van der Waals surface area (Å²) in [6, 6.07) is 5.17. The minimum atomic E-state index is -0.545. The number of hydrogen-bond donors (Lipinski definition) is 2. The number of alkyl carbamates (subject to hydrolysis) is 1. The Bertz CT molecular complexity index is 564. The first-order chi connectivity index (χ1) is 10.6. The Morgan fingerprint density at radius 2 is 1.96 bits per heavy atom. The lowest BCUT2D eigenvalue weighted by Gasteiger charge is -2.20. The molecule has 0 bridgehead atoms. The van der Waals surface area contributed by atoms with Gasteiger partial charge in [0.15, 0.2) is 0 Å². The highest BCUT2D eigenvalue weighted by atomic mass is 16.6. The van der Waals surface area contributed by atoms with Crippen molar-refractivity contribution >= 4 is 17.7 Å². The van der Waals surface area contributed by atoms with Gasteiger partial charge in [-0.2, -0.15) is 0 Å². The standard InChI is InChI=1S/C17H26N2O4/c1-11(10-19-16(21)23-17(3,4)5)8-15(20)22-14-9-13(18)7-6-12(14)2/h6-7,9,11H,8,10,18H2,1-5H3,(H,19,21). The van der Waals surface area contributed by atoms with Gasteiger partial charge < -0.3 is 20.5 Å². The van der Waals surface area contributed by atoms with E-state index in [0.717, 1.165) is 5.56 Å². The average Bonchev–Trinajstić information content (AvgIpc) is 2.38. The molecule has 3 N–H and O–H groups in total. The van der Waals surface area contributed by atoms with E-state index in [2.05, 4.69) is 5.32 Å². The zero-order valence-electron chi connectivity index (χ0n) is 14.4. The zero-order valence-corrected chi connectivity index (χ0v) is 14.4. The molecular weight excluding hydrogens is 296 g/mol. The molecule has 1 amide bonds. The molecule has 1 rings (SSSR count). The van der Waals surface area contributed by atoms with Crippen LogP contribution in [0, 0.1) is 12.8 Å². The summed E-state index contributed by atoms with van der Waals surface area (Å²) < 4.78 is 10.5. The number of esters is 1. The van der Waals surface area contributed by atoms with Crippen molar-refractivity contribution in [3.63, 3.8) is 0 Å². The van der Waals surface area contributed by atoms with E-state index in [4.69, 9.17) is 15.2 Å². The van der Waals surface area contributed by atoms with Crippen molar-refractivity contribution in [1.29, 1.82) is 0 Å². The van der Waals surface area contributed by atoms with Gasteiger partial charge in [-0.15, -0.1) is 0 Å². The van der Waals surface area contributed by atoms with E-state index in [1.165, 1.54) is 0 Å². The van der Waals surface area contributed by atoms with Crippen LogP contribution in [0.3, 0.4) is 0 Å². The van der Waals surface area contributed by atoms with E-state index < -0.39 is 11.7 Å². The Balaban J connectivity index is 2.42. The average molecular weight is 322 g/mol. The molecule has 0 fully saturated rings. The minimum absolute atomic E-state index is 0.0728. The number of nitrogens with one attached hydrogen (secondary N) is 1. The fourth-order valence-corrected chi connectivity index (χ4v) is 1.82. The maximum absolute atomic E-state index is 12.0. The van der Waals surface area contributed by atoms with Crippen LogP contribution in [0.4, 0.5) is 10.5 Å². The lowest BCUT2D eigenvalue weighted by atomic mass is 10.1. The molecule has 0 saturated heterocycles. The normalized spacial score (nSPS) is 12.4. The lowest BCUT2D eigenvalue weighted by molar-refractivity contribution is -0.135. The molecule has 128 valence electrons. The topological polar surface area (TPSA) is 90.6 Å². The number of carbonyl (C=O) groups excluding carboxylic acids is 2. The molecule has 0 spiro atoms. The molecular formula is C17H26N2O4. The highest BCUT2D eigenvalue weighted by Crippen LogP contribution is 2.21. The third-order valence-corrected chi connectivity index (χ3v) is 2.94. The van der Waals surface area contributed by atoms with Gasteiger partial charge in [0.05, 0.1) is 6.42 Å². The van der Waals surface area contributed by atoms with Crippen LogP contribution in [0.25, 0.3) is 0 Å². The van der Waals surface area contributed by atoms with Crippen LogP contribution in [0.15, 0.2) is 18.2 Å². The summed E-state index contributed by atoms with van der Waals surface area (Å²) in [6.45, 7) is 9.41. The Hall–Kier alpha value is -2.24. The first-order valence-corrected chi connectivity index (χ1v) is 7.60. The van der Waals surface area contributed by atoms with Crippen LogP contribution in [-0.4, -0.2) is 24.2 Å². The number of benzene rings is 1. The van der Waals surface area contributed by atoms with Crippen molar-refractivity contribution in [1.82, 2.24) is 5.32 Å². The van der Waals surface area contributed by atoms with Crippen LogP contribution in [0.1, 0.15) is 39.7 Å². The predicted octanol–water partition coefficient (Wildman–Crippen LogP) is 3.03. The van der Waals surface area contributed by atoms with Crippen LogP contribution in [0.2, 0.25) is 0 Å². The summed E-state index contributed by atoms with van der Waals surface area (Å²) in [7, 11) is 0. The molecule has 0 aliphatic rings. The fourth-order valence-electron chi connectivity index (χ4n) is 1.82. The molecule has 0 aromatic heterocycles. The van der Waals surface area contributed by atoms with Crippen molar-refractivity contribution in [2.45, 2.75) is 46.6 Å². The number of amides is 1. The minimum Gasteiger partial charge on any atom is -0.444 e. The van der Waals surface area contributed by atoms with Crippen molar-refractivity contribution in [2.24, 2.45) is 5.92 Å². The molecule has 0 radical (unpaired) electrons. The largest absolute Gasteiger partial charge is 0.444 e. The van der Waals surface area contributed by atoms with E-state index >= 15 is 0 Å². The number of aryl methyl sites for hydroxylation is 1. The molecule has 0 aliphatic heterocycles. The third-order valence-electron chi connectivity index (χ3n) is 2.94. The Kier molecular flexibility index (Phi) is 6.42. The summed E-state index contributed by atoms with van der Waals surface area (Å²) in [5.41, 5.74) is 6.52. The van der Waals surface area contributed by atoms with Gasteiger partial charge in [-0.05, 0) is 45.2 Å². The summed E-state index contributed by atoms with van der Waals surface area (Å²) in [6.07, 6.45) is -0.311. The van der Waals surface area contributed by atoms with Gasteiger partial charge in [-0.25, -0.2) is 4.79 Å². The quantitative estimate of drug-likeness (QED) is 0.494. The molecule has 0 saturated carbocycles. The molecule has 1 aromatic carbocycles. The van der Waals surface area contributed by atoms with E-state index in [-0.39, 0.29) is 18.3 Å². The van der Waals surface area contributed by atoms with Crippen LogP contribution in [-0.2, 0) is 9.53 Å². The van der Waals surface area contributed by atoms with Gasteiger partial charge >= 0.3 is 12.1 Å². The van der Waals surface area contributed by atoms with Gasteiger partial charge in [0.25, 0.3) is 0 Å². The number of hydrogen-bond acceptors (Lipinski definition) is 5. The number of nitrogens with two attached hydrogens (primary N) is 1. The SMILES string of the molecule is Cc1ccc(N)cc1OC(=O)CC(C)CNC(=O)OC(C)(C)C. The van der Waals surface area contributed by atoms with Crippen LogP contribution >= 0.6 is 0 Å². The monoisotopic (exact) mass is 322 g/mol. The summed E-state index contributed by atoms with van der Waals surface area (Å²) in [4.78, 5) is 23.5. The fraction of sp³-hybridized carbons (Fsp3) is 0.529. The Labute approximate surface area is 137 Å². The molecule has 1 unspecified atom stereocenters. The van der Waals surface area contributed by atoms with Gasteiger partial charge in [-0.1, -0.05) is 13.0 Å². The Morgan fingerprint density at radius 3 is 2.57 bits per heavy atom. The lowest BCUT2D eigenvalue weighted by Crippen LogP contribution is -2.35. The number of nitrogen functional groups attached to an aromatic ring is 1. The number of rotatable bonds is 5. The van der Waals surface area contributed by atoms with Crippen LogP contribution in [0.5, 0.6) is 5.75 Å². The molecule has 6 heteroatoms. The highest BCUT2D eigenvalue weighted by molar-refractivity contribution is 5.73. The zero-order chi connectivity index (χ0) is 17.6. The van der Waals surface area contributed by atoms with Crippen LogP contribution < -0.4 is 15.8 Å². The summed E-state index contributed by atoms with van der Waals surface area (Å²) >= 11 is 0. The smallest absolute Gasteiger partial charge is 0.407 e. The molecule has 0 aliphatic carbocycles. The van der Waals surface area contributed by atoms with E-state index in [9.17, 15) is 9.59 Å².